The third-order valence-electron chi connectivity index (χ3n) is 2.89. The summed E-state index contributed by atoms with van der Waals surface area (Å²) < 4.78 is 37.9. The first-order chi connectivity index (χ1) is 10.0. The van der Waals surface area contributed by atoms with Gasteiger partial charge in [0.2, 0.25) is 16.8 Å². The average Bonchev–Trinajstić information content (AvgIpc) is 2.93. The zero-order valence-electron chi connectivity index (χ0n) is 10.7. The van der Waals surface area contributed by atoms with E-state index in [0.29, 0.717) is 16.0 Å². The van der Waals surface area contributed by atoms with Crippen molar-refractivity contribution >= 4 is 26.0 Å². The third-order valence-corrected chi connectivity index (χ3v) is 4.70. The van der Waals surface area contributed by atoms with E-state index in [1.807, 2.05) is 0 Å². The van der Waals surface area contributed by atoms with E-state index in [9.17, 15) is 8.42 Å². The maximum atomic E-state index is 12.2. The van der Waals surface area contributed by atoms with Crippen LogP contribution in [0.5, 0.6) is 11.5 Å². The van der Waals surface area contributed by atoms with Gasteiger partial charge >= 0.3 is 0 Å². The molecule has 1 aromatic carbocycles. The second-order valence-electron chi connectivity index (χ2n) is 4.35. The number of halogens is 1. The van der Waals surface area contributed by atoms with Crippen molar-refractivity contribution in [2.75, 3.05) is 6.79 Å². The van der Waals surface area contributed by atoms with Crippen molar-refractivity contribution in [3.05, 3.63) is 46.7 Å². The molecule has 0 atom stereocenters. The Morgan fingerprint density at radius 2 is 2.00 bits per heavy atom. The fourth-order valence-corrected chi connectivity index (χ4v) is 3.37. The number of nitrogens with one attached hydrogen (secondary N) is 1. The smallest absolute Gasteiger partial charge is 0.242 e. The van der Waals surface area contributed by atoms with Gasteiger partial charge in [0.15, 0.2) is 11.5 Å². The van der Waals surface area contributed by atoms with E-state index >= 15 is 0 Å². The van der Waals surface area contributed by atoms with Gasteiger partial charge in [-0.05, 0) is 39.7 Å². The topological polar surface area (TPSA) is 77.5 Å². The summed E-state index contributed by atoms with van der Waals surface area (Å²) in [6, 6.07) is 6.79. The van der Waals surface area contributed by atoms with E-state index in [1.54, 1.807) is 18.2 Å². The van der Waals surface area contributed by atoms with Gasteiger partial charge in [0.1, 0.15) is 4.90 Å². The van der Waals surface area contributed by atoms with Gasteiger partial charge in [-0.1, -0.05) is 6.07 Å². The van der Waals surface area contributed by atoms with Crippen molar-refractivity contribution in [3.8, 4) is 11.5 Å². The Labute approximate surface area is 130 Å². The van der Waals surface area contributed by atoms with Gasteiger partial charge in [-0.2, -0.15) is 0 Å². The van der Waals surface area contributed by atoms with Gasteiger partial charge < -0.3 is 9.47 Å². The third kappa shape index (κ3) is 3.17. The number of fused-ring (bicyclic) bond motifs is 1. The molecule has 1 aromatic heterocycles. The maximum Gasteiger partial charge on any atom is 0.242 e. The van der Waals surface area contributed by atoms with Crippen LogP contribution in [0.2, 0.25) is 0 Å². The lowest BCUT2D eigenvalue weighted by Crippen LogP contribution is -2.23. The molecule has 6 nitrogen and oxygen atoms in total. The minimum Gasteiger partial charge on any atom is -0.454 e. The number of aromatic nitrogens is 1. The van der Waals surface area contributed by atoms with E-state index in [1.165, 1.54) is 18.5 Å². The van der Waals surface area contributed by atoms with Crippen LogP contribution >= 0.6 is 15.9 Å². The van der Waals surface area contributed by atoms with Gasteiger partial charge in [0.25, 0.3) is 0 Å². The summed E-state index contributed by atoms with van der Waals surface area (Å²) in [6.07, 6.45) is 2.82. The molecule has 0 saturated carbocycles. The van der Waals surface area contributed by atoms with Crippen molar-refractivity contribution in [2.24, 2.45) is 0 Å². The van der Waals surface area contributed by atoms with E-state index in [0.717, 1.165) is 5.56 Å². The maximum absolute atomic E-state index is 12.2. The molecule has 0 saturated heterocycles. The Hall–Kier alpha value is -1.64. The van der Waals surface area contributed by atoms with Crippen molar-refractivity contribution in [3.63, 3.8) is 0 Å². The van der Waals surface area contributed by atoms with Crippen LogP contribution in [0.4, 0.5) is 0 Å². The van der Waals surface area contributed by atoms with E-state index in [-0.39, 0.29) is 18.2 Å². The minimum atomic E-state index is -3.61. The van der Waals surface area contributed by atoms with Crippen LogP contribution in [0.3, 0.4) is 0 Å². The number of rotatable bonds is 4. The summed E-state index contributed by atoms with van der Waals surface area (Å²) in [5.41, 5.74) is 0.783. The molecule has 2 aromatic rings. The second-order valence-corrected chi connectivity index (χ2v) is 7.03. The molecule has 3 rings (SSSR count). The number of hydrogen-bond donors (Lipinski definition) is 1. The molecule has 1 aliphatic rings. The number of benzene rings is 1. The molecule has 110 valence electrons. The van der Waals surface area contributed by atoms with Gasteiger partial charge in [0, 0.05) is 23.4 Å². The molecule has 0 aliphatic carbocycles. The summed E-state index contributed by atoms with van der Waals surface area (Å²) in [7, 11) is -3.61. The number of nitrogens with zero attached hydrogens (tertiary/aromatic N) is 1. The van der Waals surface area contributed by atoms with Gasteiger partial charge in [0.05, 0.1) is 0 Å². The SMILES string of the molecule is O=S(=O)(NCc1ccc2c(c1)OCO2)c1cncc(Br)c1. The van der Waals surface area contributed by atoms with Crippen LogP contribution in [0.15, 0.2) is 46.0 Å². The van der Waals surface area contributed by atoms with Gasteiger partial charge in [-0.25, -0.2) is 13.1 Å². The Morgan fingerprint density at radius 1 is 1.19 bits per heavy atom. The van der Waals surface area contributed by atoms with Crippen LogP contribution in [-0.4, -0.2) is 20.2 Å². The lowest BCUT2D eigenvalue weighted by Gasteiger charge is -2.07. The number of ether oxygens (including phenoxy) is 2. The first kappa shape index (κ1) is 14.3. The average molecular weight is 371 g/mol. The summed E-state index contributed by atoms with van der Waals surface area (Å²) >= 11 is 3.20. The van der Waals surface area contributed by atoms with Crippen LogP contribution in [0.1, 0.15) is 5.56 Å². The highest BCUT2D eigenvalue weighted by molar-refractivity contribution is 9.10. The fraction of sp³-hybridized carbons (Fsp3) is 0.154. The van der Waals surface area contributed by atoms with Crippen LogP contribution < -0.4 is 14.2 Å². The van der Waals surface area contributed by atoms with E-state index in [2.05, 4.69) is 25.6 Å². The molecular weight excluding hydrogens is 360 g/mol. The molecule has 2 heterocycles. The second kappa shape index (κ2) is 5.63. The number of sulfonamides is 1. The monoisotopic (exact) mass is 370 g/mol. The summed E-state index contributed by atoms with van der Waals surface area (Å²) in [4.78, 5) is 3.96. The molecule has 0 spiro atoms. The molecule has 0 amide bonds. The first-order valence-electron chi connectivity index (χ1n) is 6.03. The molecule has 0 radical (unpaired) electrons. The van der Waals surface area contributed by atoms with Crippen LogP contribution in [-0.2, 0) is 16.6 Å². The zero-order chi connectivity index (χ0) is 14.9. The lowest BCUT2D eigenvalue weighted by atomic mass is 10.2. The normalized spacial score (nSPS) is 13.4. The number of hydrogen-bond acceptors (Lipinski definition) is 5. The van der Waals surface area contributed by atoms with Crippen molar-refractivity contribution in [1.29, 1.82) is 0 Å². The number of pyridine rings is 1. The predicted octanol–water partition coefficient (Wildman–Crippen LogP) is 2.05. The quantitative estimate of drug-likeness (QED) is 0.890. The Morgan fingerprint density at radius 3 is 2.81 bits per heavy atom. The summed E-state index contributed by atoms with van der Waals surface area (Å²) in [5.74, 6) is 1.29. The molecule has 0 unspecified atom stereocenters. The Bertz CT molecular complexity index is 779. The largest absolute Gasteiger partial charge is 0.454 e. The molecule has 1 N–H and O–H groups in total. The Kier molecular flexibility index (Phi) is 3.83. The minimum absolute atomic E-state index is 0.109. The highest BCUT2D eigenvalue weighted by Crippen LogP contribution is 2.32. The highest BCUT2D eigenvalue weighted by Gasteiger charge is 2.17. The van der Waals surface area contributed by atoms with E-state index in [4.69, 9.17) is 9.47 Å². The standard InChI is InChI=1S/C13H11BrN2O4S/c14-10-4-11(7-15-6-10)21(17,18)16-5-9-1-2-12-13(3-9)20-8-19-12/h1-4,6-7,16H,5,8H2. The highest BCUT2D eigenvalue weighted by atomic mass is 79.9. The fourth-order valence-electron chi connectivity index (χ4n) is 1.85. The molecule has 8 heteroatoms. The Balaban J connectivity index is 1.75. The van der Waals surface area contributed by atoms with Gasteiger partial charge in [-0.15, -0.1) is 0 Å². The van der Waals surface area contributed by atoms with E-state index < -0.39 is 10.0 Å². The molecule has 0 bridgehead atoms. The molecule has 21 heavy (non-hydrogen) atoms. The zero-order valence-corrected chi connectivity index (χ0v) is 13.1. The summed E-state index contributed by atoms with van der Waals surface area (Å²) in [5, 5.41) is 0. The van der Waals surface area contributed by atoms with Crippen LogP contribution in [0, 0.1) is 0 Å². The lowest BCUT2D eigenvalue weighted by molar-refractivity contribution is 0.174. The summed E-state index contributed by atoms with van der Waals surface area (Å²) in [6.45, 7) is 0.347. The molecular formula is C13H11BrN2O4S. The van der Waals surface area contributed by atoms with Crippen molar-refractivity contribution in [2.45, 2.75) is 11.4 Å². The van der Waals surface area contributed by atoms with Crippen LogP contribution in [0.25, 0.3) is 0 Å². The van der Waals surface area contributed by atoms with Crippen molar-refractivity contribution in [1.82, 2.24) is 9.71 Å². The van der Waals surface area contributed by atoms with Crippen molar-refractivity contribution < 1.29 is 17.9 Å². The molecule has 1 aliphatic heterocycles. The van der Waals surface area contributed by atoms with Gasteiger partial charge in [-0.3, -0.25) is 4.98 Å². The predicted molar refractivity (Wildman–Crippen MR) is 78.5 cm³/mol. The molecule has 0 fully saturated rings. The first-order valence-corrected chi connectivity index (χ1v) is 8.31.